The van der Waals surface area contributed by atoms with E-state index in [1.165, 1.54) is 0 Å². The molecule has 0 atom stereocenters. The maximum absolute atomic E-state index is 8.99. The SMILES string of the molecule is NNc1ncc(Cl)c(N2CCCN(CCO)CC2)n1. The van der Waals surface area contributed by atoms with Crippen molar-refractivity contribution in [3.05, 3.63) is 11.2 Å². The van der Waals surface area contributed by atoms with Crippen molar-refractivity contribution in [3.63, 3.8) is 0 Å². The first-order chi connectivity index (χ1) is 9.24. The normalized spacial score (nSPS) is 17.3. The lowest BCUT2D eigenvalue weighted by molar-refractivity contribution is 0.204. The van der Waals surface area contributed by atoms with E-state index in [-0.39, 0.29) is 6.61 Å². The summed E-state index contributed by atoms with van der Waals surface area (Å²) in [7, 11) is 0. The van der Waals surface area contributed by atoms with Gasteiger partial charge in [0.25, 0.3) is 0 Å². The highest BCUT2D eigenvalue weighted by Crippen LogP contribution is 2.24. The van der Waals surface area contributed by atoms with Crippen LogP contribution in [0.5, 0.6) is 0 Å². The fraction of sp³-hybridized carbons (Fsp3) is 0.636. The van der Waals surface area contributed by atoms with Gasteiger partial charge in [-0.3, -0.25) is 10.3 Å². The van der Waals surface area contributed by atoms with Crippen LogP contribution in [0, 0.1) is 0 Å². The Labute approximate surface area is 117 Å². The van der Waals surface area contributed by atoms with Crippen molar-refractivity contribution < 1.29 is 5.11 Å². The molecule has 0 aliphatic carbocycles. The zero-order valence-corrected chi connectivity index (χ0v) is 11.5. The molecular weight excluding hydrogens is 268 g/mol. The van der Waals surface area contributed by atoms with Crippen LogP contribution in [-0.2, 0) is 0 Å². The molecule has 0 aromatic carbocycles. The van der Waals surface area contributed by atoms with Crippen LogP contribution in [-0.4, -0.2) is 59.3 Å². The first kappa shape index (κ1) is 14.3. The zero-order chi connectivity index (χ0) is 13.7. The van der Waals surface area contributed by atoms with Crippen molar-refractivity contribution in [2.75, 3.05) is 49.7 Å². The minimum atomic E-state index is 0.190. The third-order valence-corrected chi connectivity index (χ3v) is 3.43. The van der Waals surface area contributed by atoms with Gasteiger partial charge in [-0.05, 0) is 13.0 Å². The minimum absolute atomic E-state index is 0.190. The molecule has 1 aromatic rings. The summed E-state index contributed by atoms with van der Waals surface area (Å²) in [5.41, 5.74) is 2.43. The van der Waals surface area contributed by atoms with Gasteiger partial charge in [-0.15, -0.1) is 0 Å². The molecule has 19 heavy (non-hydrogen) atoms. The second-order valence-corrected chi connectivity index (χ2v) is 4.82. The number of hydrogen-bond acceptors (Lipinski definition) is 7. The number of aliphatic hydroxyl groups is 1. The van der Waals surface area contributed by atoms with Crippen LogP contribution in [0.1, 0.15) is 6.42 Å². The molecule has 8 heteroatoms. The molecule has 0 amide bonds. The van der Waals surface area contributed by atoms with Crippen molar-refractivity contribution >= 4 is 23.4 Å². The first-order valence-electron chi connectivity index (χ1n) is 6.32. The average molecular weight is 287 g/mol. The van der Waals surface area contributed by atoms with Crippen molar-refractivity contribution in [1.29, 1.82) is 0 Å². The monoisotopic (exact) mass is 286 g/mol. The van der Waals surface area contributed by atoms with Crippen molar-refractivity contribution in [2.45, 2.75) is 6.42 Å². The van der Waals surface area contributed by atoms with Crippen LogP contribution in [0.15, 0.2) is 6.20 Å². The van der Waals surface area contributed by atoms with Gasteiger partial charge in [-0.1, -0.05) is 11.6 Å². The number of nitrogens with two attached hydrogens (primary N) is 1. The van der Waals surface area contributed by atoms with E-state index in [0.29, 0.717) is 23.3 Å². The third kappa shape index (κ3) is 3.66. The van der Waals surface area contributed by atoms with Gasteiger partial charge in [0, 0.05) is 26.2 Å². The number of nitrogen functional groups attached to an aromatic ring is 1. The van der Waals surface area contributed by atoms with Gasteiger partial charge in [0.15, 0.2) is 5.82 Å². The molecule has 2 rings (SSSR count). The molecule has 0 unspecified atom stereocenters. The molecule has 106 valence electrons. The molecule has 7 nitrogen and oxygen atoms in total. The summed E-state index contributed by atoms with van der Waals surface area (Å²) in [6, 6.07) is 0. The maximum Gasteiger partial charge on any atom is 0.239 e. The number of β-amino-alcohol motifs (C(OH)–C–C–N with tert-alkyl or cyclic N) is 1. The van der Waals surface area contributed by atoms with Crippen LogP contribution >= 0.6 is 11.6 Å². The van der Waals surface area contributed by atoms with E-state index >= 15 is 0 Å². The minimum Gasteiger partial charge on any atom is -0.395 e. The highest BCUT2D eigenvalue weighted by molar-refractivity contribution is 6.32. The summed E-state index contributed by atoms with van der Waals surface area (Å²) in [6.45, 7) is 4.45. The third-order valence-electron chi connectivity index (χ3n) is 3.16. The number of aromatic nitrogens is 2. The Hall–Kier alpha value is -1.15. The van der Waals surface area contributed by atoms with E-state index < -0.39 is 0 Å². The summed E-state index contributed by atoms with van der Waals surface area (Å²) in [5.74, 6) is 6.38. The lowest BCUT2D eigenvalue weighted by Crippen LogP contribution is -2.33. The summed E-state index contributed by atoms with van der Waals surface area (Å²) in [6.07, 6.45) is 2.56. The number of nitrogens with zero attached hydrogens (tertiary/aromatic N) is 4. The molecule has 0 spiro atoms. The van der Waals surface area contributed by atoms with E-state index in [2.05, 4.69) is 25.2 Å². The van der Waals surface area contributed by atoms with Crippen molar-refractivity contribution in [2.24, 2.45) is 5.84 Å². The van der Waals surface area contributed by atoms with E-state index in [4.69, 9.17) is 22.6 Å². The number of hydrogen-bond donors (Lipinski definition) is 3. The number of rotatable bonds is 4. The maximum atomic E-state index is 8.99. The van der Waals surface area contributed by atoms with E-state index in [1.54, 1.807) is 6.20 Å². The van der Waals surface area contributed by atoms with Crippen LogP contribution < -0.4 is 16.2 Å². The fourth-order valence-electron chi connectivity index (χ4n) is 2.20. The van der Waals surface area contributed by atoms with Gasteiger partial charge in [-0.25, -0.2) is 10.8 Å². The van der Waals surface area contributed by atoms with Gasteiger partial charge in [0.1, 0.15) is 5.02 Å². The van der Waals surface area contributed by atoms with Gasteiger partial charge < -0.3 is 10.0 Å². The molecule has 0 radical (unpaired) electrons. The van der Waals surface area contributed by atoms with Crippen molar-refractivity contribution in [1.82, 2.24) is 14.9 Å². The highest BCUT2D eigenvalue weighted by Gasteiger charge is 2.18. The quantitative estimate of drug-likeness (QED) is 0.527. The molecule has 0 saturated carbocycles. The molecule has 1 fully saturated rings. The Balaban J connectivity index is 2.09. The number of halogens is 1. The van der Waals surface area contributed by atoms with E-state index in [9.17, 15) is 0 Å². The second kappa shape index (κ2) is 6.85. The van der Waals surface area contributed by atoms with E-state index in [1.807, 2.05) is 0 Å². The van der Waals surface area contributed by atoms with Crippen LogP contribution in [0.2, 0.25) is 5.02 Å². The summed E-state index contributed by atoms with van der Waals surface area (Å²) in [5, 5.41) is 9.51. The average Bonchev–Trinajstić information content (AvgIpc) is 2.65. The summed E-state index contributed by atoms with van der Waals surface area (Å²) >= 11 is 6.15. The Kier molecular flexibility index (Phi) is 5.15. The smallest absolute Gasteiger partial charge is 0.239 e. The highest BCUT2D eigenvalue weighted by atomic mass is 35.5. The number of anilines is 2. The molecular formula is C11H19ClN6O. The van der Waals surface area contributed by atoms with Crippen LogP contribution in [0.3, 0.4) is 0 Å². The Morgan fingerprint density at radius 1 is 1.37 bits per heavy atom. The fourth-order valence-corrected chi connectivity index (χ4v) is 2.41. The number of aliphatic hydroxyl groups excluding tert-OH is 1. The van der Waals surface area contributed by atoms with E-state index in [0.717, 1.165) is 32.6 Å². The van der Waals surface area contributed by atoms with Gasteiger partial charge in [-0.2, -0.15) is 4.98 Å². The van der Waals surface area contributed by atoms with Crippen LogP contribution in [0.4, 0.5) is 11.8 Å². The molecule has 0 bridgehead atoms. The molecule has 1 aliphatic rings. The van der Waals surface area contributed by atoms with Crippen LogP contribution in [0.25, 0.3) is 0 Å². The topological polar surface area (TPSA) is 90.5 Å². The summed E-state index contributed by atoms with van der Waals surface area (Å²) in [4.78, 5) is 12.6. The Morgan fingerprint density at radius 3 is 2.95 bits per heavy atom. The molecule has 4 N–H and O–H groups in total. The molecule has 1 saturated heterocycles. The molecule has 1 aliphatic heterocycles. The zero-order valence-electron chi connectivity index (χ0n) is 10.7. The first-order valence-corrected chi connectivity index (χ1v) is 6.69. The van der Waals surface area contributed by atoms with Gasteiger partial charge in [0.05, 0.1) is 12.8 Å². The molecule has 1 aromatic heterocycles. The Morgan fingerprint density at radius 2 is 2.21 bits per heavy atom. The molecule has 2 heterocycles. The standard InChI is InChI=1S/C11H19ClN6O/c12-9-8-14-11(16-13)15-10(9)18-3-1-2-17(4-5-18)6-7-19/h8,19H,1-7,13H2,(H,14,15,16). The Bertz CT molecular complexity index is 418. The van der Waals surface area contributed by atoms with Gasteiger partial charge in [0.2, 0.25) is 5.95 Å². The number of hydrazine groups is 1. The second-order valence-electron chi connectivity index (χ2n) is 4.42. The lowest BCUT2D eigenvalue weighted by Gasteiger charge is -2.23. The summed E-state index contributed by atoms with van der Waals surface area (Å²) < 4.78 is 0. The number of nitrogens with one attached hydrogen (secondary N) is 1. The predicted molar refractivity (Wildman–Crippen MR) is 75.2 cm³/mol. The largest absolute Gasteiger partial charge is 0.395 e. The van der Waals surface area contributed by atoms with Gasteiger partial charge >= 0.3 is 0 Å². The van der Waals surface area contributed by atoms with Crippen molar-refractivity contribution in [3.8, 4) is 0 Å². The lowest BCUT2D eigenvalue weighted by atomic mass is 10.3. The predicted octanol–water partition coefficient (Wildman–Crippen LogP) is -0.0800.